The number of nitrogens with zero attached hydrogens (tertiary/aromatic N) is 1. The van der Waals surface area contributed by atoms with Crippen LogP contribution in [0.3, 0.4) is 0 Å². The van der Waals surface area contributed by atoms with Crippen LogP contribution in [0.2, 0.25) is 0 Å². The van der Waals surface area contributed by atoms with Gasteiger partial charge in [-0.25, -0.2) is 0 Å². The predicted octanol–water partition coefficient (Wildman–Crippen LogP) is 1.29. The molecule has 5 heteroatoms. The first kappa shape index (κ1) is 15.8. The first-order valence-corrected chi connectivity index (χ1v) is 7.27. The van der Waals surface area contributed by atoms with Gasteiger partial charge in [0.15, 0.2) is 0 Å². The molecule has 5 nitrogen and oxygen atoms in total. The number of carbonyl (C=O) groups excluding carboxylic acids is 1. The third-order valence-corrected chi connectivity index (χ3v) is 3.59. The zero-order chi connectivity index (χ0) is 15.6. The molecule has 21 heavy (non-hydrogen) atoms. The molecule has 1 aliphatic rings. The zero-order valence-electron chi connectivity index (χ0n) is 12.9. The number of hydrogen-bond acceptors (Lipinski definition) is 4. The van der Waals surface area contributed by atoms with Gasteiger partial charge in [0, 0.05) is 13.1 Å². The highest BCUT2D eigenvalue weighted by atomic mass is 16.5. The lowest BCUT2D eigenvalue weighted by atomic mass is 10.0. The van der Waals surface area contributed by atoms with E-state index in [0.717, 1.165) is 5.56 Å². The molecule has 1 amide bonds. The highest BCUT2D eigenvalue weighted by Crippen LogP contribution is 2.21. The number of nitrogens with two attached hydrogens (primary N) is 1. The largest absolute Gasteiger partial charge is 0.508 e. The van der Waals surface area contributed by atoms with Crippen LogP contribution in [0, 0.1) is 0 Å². The second-order valence-electron chi connectivity index (χ2n) is 6.38. The van der Waals surface area contributed by atoms with Gasteiger partial charge in [0.1, 0.15) is 5.75 Å². The maximum Gasteiger partial charge on any atom is 0.240 e. The van der Waals surface area contributed by atoms with E-state index in [1.54, 1.807) is 29.2 Å². The highest BCUT2D eigenvalue weighted by molar-refractivity contribution is 5.82. The summed E-state index contributed by atoms with van der Waals surface area (Å²) in [6.07, 6.45) is 0.476. The Balaban J connectivity index is 2.00. The van der Waals surface area contributed by atoms with Crippen LogP contribution in [0.1, 0.15) is 26.3 Å². The van der Waals surface area contributed by atoms with Crippen LogP contribution in [0.25, 0.3) is 0 Å². The standard InChI is InChI=1S/C16H24N2O3/c1-11-9-18(10-16(2,3)21-11)15(20)14(17)8-12-4-6-13(19)7-5-12/h4-7,11,14,19H,8-10,17H2,1-3H3/t11?,14-/m0/s1. The molecule has 1 aromatic carbocycles. The van der Waals surface area contributed by atoms with Crippen molar-refractivity contribution in [3.63, 3.8) is 0 Å². The number of aromatic hydroxyl groups is 1. The molecular weight excluding hydrogens is 268 g/mol. The summed E-state index contributed by atoms with van der Waals surface area (Å²) in [4.78, 5) is 14.3. The number of rotatable bonds is 3. The fourth-order valence-corrected chi connectivity index (χ4v) is 2.83. The lowest BCUT2D eigenvalue weighted by Crippen LogP contribution is -2.57. The van der Waals surface area contributed by atoms with Crippen LogP contribution in [0.4, 0.5) is 0 Å². The first-order valence-electron chi connectivity index (χ1n) is 7.27. The van der Waals surface area contributed by atoms with Crippen molar-refractivity contribution in [3.05, 3.63) is 29.8 Å². The van der Waals surface area contributed by atoms with Crippen molar-refractivity contribution in [2.24, 2.45) is 5.73 Å². The Hall–Kier alpha value is -1.59. The highest BCUT2D eigenvalue weighted by Gasteiger charge is 2.35. The molecular formula is C16H24N2O3. The van der Waals surface area contributed by atoms with Crippen LogP contribution < -0.4 is 5.73 Å². The Morgan fingerprint density at radius 1 is 1.48 bits per heavy atom. The van der Waals surface area contributed by atoms with Gasteiger partial charge in [-0.3, -0.25) is 4.79 Å². The Labute approximate surface area is 125 Å². The third-order valence-electron chi connectivity index (χ3n) is 3.59. The van der Waals surface area contributed by atoms with Crippen LogP contribution in [-0.2, 0) is 16.0 Å². The van der Waals surface area contributed by atoms with E-state index in [4.69, 9.17) is 10.5 Å². The summed E-state index contributed by atoms with van der Waals surface area (Å²) in [6, 6.07) is 6.21. The summed E-state index contributed by atoms with van der Waals surface area (Å²) in [7, 11) is 0. The number of benzene rings is 1. The van der Waals surface area contributed by atoms with Gasteiger partial charge >= 0.3 is 0 Å². The van der Waals surface area contributed by atoms with Crippen LogP contribution in [0.5, 0.6) is 5.75 Å². The van der Waals surface area contributed by atoms with E-state index in [0.29, 0.717) is 19.5 Å². The van der Waals surface area contributed by atoms with Crippen molar-refractivity contribution < 1.29 is 14.6 Å². The lowest BCUT2D eigenvalue weighted by Gasteiger charge is -2.42. The maximum atomic E-state index is 12.5. The quantitative estimate of drug-likeness (QED) is 0.880. The maximum absolute atomic E-state index is 12.5. The number of phenols is 1. The van der Waals surface area contributed by atoms with Crippen LogP contribution in [0.15, 0.2) is 24.3 Å². The molecule has 0 radical (unpaired) electrons. The smallest absolute Gasteiger partial charge is 0.240 e. The van der Waals surface area contributed by atoms with E-state index in [2.05, 4.69) is 0 Å². The fraction of sp³-hybridized carbons (Fsp3) is 0.562. The van der Waals surface area contributed by atoms with E-state index in [9.17, 15) is 9.90 Å². The van der Waals surface area contributed by atoms with Gasteiger partial charge in [-0.05, 0) is 44.9 Å². The Kier molecular flexibility index (Phi) is 4.54. The van der Waals surface area contributed by atoms with E-state index in [1.165, 1.54) is 0 Å². The Morgan fingerprint density at radius 3 is 2.67 bits per heavy atom. The zero-order valence-corrected chi connectivity index (χ0v) is 12.9. The molecule has 1 aliphatic heterocycles. The molecule has 0 bridgehead atoms. The van der Waals surface area contributed by atoms with Crippen molar-refractivity contribution in [1.29, 1.82) is 0 Å². The Morgan fingerprint density at radius 2 is 2.10 bits per heavy atom. The van der Waals surface area contributed by atoms with Gasteiger partial charge in [0.2, 0.25) is 5.91 Å². The van der Waals surface area contributed by atoms with E-state index >= 15 is 0 Å². The van der Waals surface area contributed by atoms with Gasteiger partial charge in [-0.2, -0.15) is 0 Å². The van der Waals surface area contributed by atoms with Crippen LogP contribution >= 0.6 is 0 Å². The minimum Gasteiger partial charge on any atom is -0.508 e. The third kappa shape index (κ3) is 4.19. The molecule has 0 aromatic heterocycles. The average Bonchev–Trinajstić information content (AvgIpc) is 2.38. The van der Waals surface area contributed by atoms with Gasteiger partial charge in [-0.15, -0.1) is 0 Å². The number of amides is 1. The number of morpholine rings is 1. The number of phenolic OH excluding ortho intramolecular Hbond substituents is 1. The summed E-state index contributed by atoms with van der Waals surface area (Å²) in [6.45, 7) is 7.06. The number of carbonyl (C=O) groups is 1. The molecule has 2 rings (SSSR count). The van der Waals surface area contributed by atoms with Crippen LogP contribution in [-0.4, -0.2) is 46.7 Å². The summed E-state index contributed by atoms with van der Waals surface area (Å²) < 4.78 is 5.80. The first-order chi connectivity index (χ1) is 9.77. The van der Waals surface area contributed by atoms with Crippen molar-refractivity contribution in [3.8, 4) is 5.75 Å². The van der Waals surface area contributed by atoms with Crippen molar-refractivity contribution in [1.82, 2.24) is 4.90 Å². The molecule has 116 valence electrons. The summed E-state index contributed by atoms with van der Waals surface area (Å²) in [5, 5.41) is 9.27. The summed E-state index contributed by atoms with van der Waals surface area (Å²) >= 11 is 0. The fourth-order valence-electron chi connectivity index (χ4n) is 2.83. The average molecular weight is 292 g/mol. The normalized spacial score (nSPS) is 22.9. The number of ether oxygens (including phenoxy) is 1. The predicted molar refractivity (Wildman–Crippen MR) is 81.0 cm³/mol. The monoisotopic (exact) mass is 292 g/mol. The molecule has 1 fully saturated rings. The molecule has 0 aliphatic carbocycles. The van der Waals surface area contributed by atoms with E-state index in [1.807, 2.05) is 20.8 Å². The SMILES string of the molecule is CC1CN(C(=O)[C@@H](N)Cc2ccc(O)cc2)CC(C)(C)O1. The minimum absolute atomic E-state index is 0.0126. The molecule has 2 atom stereocenters. The number of hydrogen-bond donors (Lipinski definition) is 2. The molecule has 1 unspecified atom stereocenters. The lowest BCUT2D eigenvalue weighted by molar-refractivity contribution is -0.159. The molecule has 0 saturated carbocycles. The van der Waals surface area contributed by atoms with Gasteiger partial charge in [0.25, 0.3) is 0 Å². The van der Waals surface area contributed by atoms with Gasteiger partial charge < -0.3 is 20.5 Å². The topological polar surface area (TPSA) is 75.8 Å². The van der Waals surface area contributed by atoms with Crippen molar-refractivity contribution in [2.45, 2.75) is 44.9 Å². The molecule has 0 spiro atoms. The Bertz CT molecular complexity index is 499. The van der Waals surface area contributed by atoms with E-state index < -0.39 is 6.04 Å². The second kappa shape index (κ2) is 6.03. The molecule has 1 aromatic rings. The van der Waals surface area contributed by atoms with E-state index in [-0.39, 0.29) is 23.4 Å². The minimum atomic E-state index is -0.573. The molecule has 1 saturated heterocycles. The summed E-state index contributed by atoms with van der Waals surface area (Å²) in [5.74, 6) is 0.161. The second-order valence-corrected chi connectivity index (χ2v) is 6.38. The summed E-state index contributed by atoms with van der Waals surface area (Å²) in [5.41, 5.74) is 6.66. The van der Waals surface area contributed by atoms with Gasteiger partial charge in [-0.1, -0.05) is 12.1 Å². The van der Waals surface area contributed by atoms with Crippen molar-refractivity contribution in [2.75, 3.05) is 13.1 Å². The molecule has 1 heterocycles. The van der Waals surface area contributed by atoms with Gasteiger partial charge in [0.05, 0.1) is 17.7 Å². The van der Waals surface area contributed by atoms with Crippen molar-refractivity contribution >= 4 is 5.91 Å². The molecule has 3 N–H and O–H groups in total.